The minimum atomic E-state index is -0.750. The highest BCUT2D eigenvalue weighted by Gasteiger charge is 2.45. The van der Waals surface area contributed by atoms with Crippen molar-refractivity contribution in [3.8, 4) is 17.2 Å². The molecular formula is C29H28BrNO6. The summed E-state index contributed by atoms with van der Waals surface area (Å²) in [6.07, 6.45) is 0.471. The van der Waals surface area contributed by atoms with Crippen molar-refractivity contribution in [2.24, 2.45) is 0 Å². The van der Waals surface area contributed by atoms with Crippen molar-refractivity contribution >= 4 is 33.4 Å². The highest BCUT2D eigenvalue weighted by molar-refractivity contribution is 9.10. The van der Waals surface area contributed by atoms with Gasteiger partial charge in [0.1, 0.15) is 11.5 Å². The van der Waals surface area contributed by atoms with Gasteiger partial charge < -0.3 is 24.2 Å². The van der Waals surface area contributed by atoms with Gasteiger partial charge in [-0.05, 0) is 60.9 Å². The number of hydrogen-bond donors (Lipinski definition) is 1. The third-order valence-electron chi connectivity index (χ3n) is 6.25. The summed E-state index contributed by atoms with van der Waals surface area (Å²) in [5, 5.41) is 11.2. The molecule has 1 atom stereocenters. The van der Waals surface area contributed by atoms with Crippen LogP contribution in [0.25, 0.3) is 5.76 Å². The van der Waals surface area contributed by atoms with E-state index in [9.17, 15) is 14.7 Å². The summed E-state index contributed by atoms with van der Waals surface area (Å²) in [5.74, 6) is 0.292. The number of nitrogens with zero attached hydrogens (tertiary/aromatic N) is 1. The zero-order valence-electron chi connectivity index (χ0n) is 20.9. The summed E-state index contributed by atoms with van der Waals surface area (Å²) in [7, 11) is 3.13. The number of methoxy groups -OCH3 is 2. The van der Waals surface area contributed by atoms with Crippen LogP contribution in [0.5, 0.6) is 17.2 Å². The van der Waals surface area contributed by atoms with Gasteiger partial charge in [0, 0.05) is 16.6 Å². The molecule has 8 heteroatoms. The van der Waals surface area contributed by atoms with Gasteiger partial charge in [0.15, 0.2) is 11.5 Å². The van der Waals surface area contributed by atoms with Crippen molar-refractivity contribution in [1.29, 1.82) is 0 Å². The molecule has 0 bridgehead atoms. The summed E-state index contributed by atoms with van der Waals surface area (Å²) in [6.45, 7) is 2.68. The molecule has 1 aliphatic heterocycles. The fourth-order valence-corrected chi connectivity index (χ4v) is 4.68. The third-order valence-corrected chi connectivity index (χ3v) is 6.78. The van der Waals surface area contributed by atoms with Crippen LogP contribution >= 0.6 is 15.9 Å². The van der Waals surface area contributed by atoms with Crippen LogP contribution in [0.1, 0.15) is 29.7 Å². The van der Waals surface area contributed by atoms with Crippen LogP contribution in [0.15, 0.2) is 76.8 Å². The second-order valence-corrected chi connectivity index (χ2v) is 9.36. The van der Waals surface area contributed by atoms with Crippen molar-refractivity contribution in [3.63, 3.8) is 0 Å². The summed E-state index contributed by atoms with van der Waals surface area (Å²) >= 11 is 3.38. The summed E-state index contributed by atoms with van der Waals surface area (Å²) in [4.78, 5) is 28.0. The Morgan fingerprint density at radius 1 is 0.946 bits per heavy atom. The lowest BCUT2D eigenvalue weighted by Crippen LogP contribution is -2.31. The molecule has 1 heterocycles. The Balaban J connectivity index is 1.73. The number of benzene rings is 3. The molecule has 1 fully saturated rings. The third kappa shape index (κ3) is 5.49. The molecule has 1 N–H and O–H groups in total. The van der Waals surface area contributed by atoms with Gasteiger partial charge in [-0.2, -0.15) is 0 Å². The standard InChI is InChI=1S/C29H28BrNO6/c1-4-37-22-12-8-19(9-13-22)26-25(27(32)20-6-10-21(30)11-7-20)28(33)29(34)31(26)16-15-18-5-14-23(35-2)24(17-18)36-3/h5-14,17,26,32H,4,15-16H2,1-3H3/b27-25-. The monoisotopic (exact) mass is 565 g/mol. The number of ketones is 1. The molecule has 192 valence electrons. The molecule has 1 aliphatic rings. The number of hydrogen-bond acceptors (Lipinski definition) is 6. The molecule has 1 saturated heterocycles. The van der Waals surface area contributed by atoms with Crippen LogP contribution in [-0.2, 0) is 16.0 Å². The molecule has 0 spiro atoms. The van der Waals surface area contributed by atoms with E-state index in [2.05, 4.69) is 15.9 Å². The van der Waals surface area contributed by atoms with Crippen LogP contribution in [0.4, 0.5) is 0 Å². The van der Waals surface area contributed by atoms with Gasteiger partial charge in [-0.1, -0.05) is 46.3 Å². The van der Waals surface area contributed by atoms with Crippen molar-refractivity contribution in [1.82, 2.24) is 4.90 Å². The fraction of sp³-hybridized carbons (Fsp3) is 0.241. The topological polar surface area (TPSA) is 85.3 Å². The molecule has 0 aliphatic carbocycles. The predicted molar refractivity (Wildman–Crippen MR) is 144 cm³/mol. The number of ether oxygens (including phenoxy) is 3. The number of carbonyl (C=O) groups is 2. The molecule has 7 nitrogen and oxygen atoms in total. The first-order valence-corrected chi connectivity index (χ1v) is 12.6. The number of carbonyl (C=O) groups excluding carboxylic acids is 2. The van der Waals surface area contributed by atoms with Gasteiger partial charge in [0.25, 0.3) is 11.7 Å². The highest BCUT2D eigenvalue weighted by atomic mass is 79.9. The average molecular weight is 566 g/mol. The van der Waals surface area contributed by atoms with Gasteiger partial charge >= 0.3 is 0 Å². The van der Waals surface area contributed by atoms with Crippen LogP contribution < -0.4 is 14.2 Å². The second-order valence-electron chi connectivity index (χ2n) is 8.44. The Bertz CT molecular complexity index is 1320. The average Bonchev–Trinajstić information content (AvgIpc) is 3.17. The number of Topliss-reactive ketones (excluding diaryl/α,β-unsaturated/α-hetero) is 1. The lowest BCUT2D eigenvalue weighted by atomic mass is 9.95. The van der Waals surface area contributed by atoms with E-state index in [1.807, 2.05) is 31.2 Å². The van der Waals surface area contributed by atoms with Crippen molar-refractivity contribution < 1.29 is 28.9 Å². The SMILES string of the molecule is CCOc1ccc(C2/C(=C(/O)c3ccc(Br)cc3)C(=O)C(=O)N2CCc2ccc(OC)c(OC)c2)cc1. The van der Waals surface area contributed by atoms with Gasteiger partial charge in [0.05, 0.1) is 32.4 Å². The van der Waals surface area contributed by atoms with Crippen molar-refractivity contribution in [2.75, 3.05) is 27.4 Å². The number of rotatable bonds is 9. The number of likely N-dealkylation sites (tertiary alicyclic amines) is 1. The van der Waals surface area contributed by atoms with Crippen LogP contribution in [0.3, 0.4) is 0 Å². The van der Waals surface area contributed by atoms with E-state index in [1.165, 1.54) is 4.90 Å². The Labute approximate surface area is 224 Å². The number of aliphatic hydroxyl groups excluding tert-OH is 1. The zero-order chi connectivity index (χ0) is 26.5. The first-order chi connectivity index (χ1) is 17.9. The molecule has 1 unspecified atom stereocenters. The first kappa shape index (κ1) is 26.3. The van der Waals surface area contributed by atoms with E-state index in [0.717, 1.165) is 10.0 Å². The second kappa shape index (κ2) is 11.5. The molecule has 1 amide bonds. The van der Waals surface area contributed by atoms with E-state index in [1.54, 1.807) is 56.7 Å². The largest absolute Gasteiger partial charge is 0.507 e. The molecule has 0 aromatic heterocycles. The van der Waals surface area contributed by atoms with E-state index in [-0.39, 0.29) is 17.9 Å². The lowest BCUT2D eigenvalue weighted by molar-refractivity contribution is -0.139. The van der Waals surface area contributed by atoms with Gasteiger partial charge in [-0.3, -0.25) is 9.59 Å². The van der Waals surface area contributed by atoms with Gasteiger partial charge in [0.2, 0.25) is 0 Å². The smallest absolute Gasteiger partial charge is 0.295 e. The van der Waals surface area contributed by atoms with Crippen molar-refractivity contribution in [3.05, 3.63) is 93.5 Å². The van der Waals surface area contributed by atoms with Crippen LogP contribution in [0.2, 0.25) is 0 Å². The Hall–Kier alpha value is -3.78. The normalized spacial score (nSPS) is 16.6. The number of aliphatic hydroxyl groups is 1. The van der Waals surface area contributed by atoms with Crippen LogP contribution in [0, 0.1) is 0 Å². The maximum Gasteiger partial charge on any atom is 0.295 e. The van der Waals surface area contributed by atoms with Gasteiger partial charge in [-0.15, -0.1) is 0 Å². The van der Waals surface area contributed by atoms with Crippen molar-refractivity contribution in [2.45, 2.75) is 19.4 Å². The lowest BCUT2D eigenvalue weighted by Gasteiger charge is -2.25. The minimum absolute atomic E-state index is 0.0591. The van der Waals surface area contributed by atoms with E-state index in [4.69, 9.17) is 14.2 Å². The summed E-state index contributed by atoms with van der Waals surface area (Å²) in [6, 6.07) is 19.0. The molecule has 0 saturated carbocycles. The van der Waals surface area contributed by atoms with Crippen LogP contribution in [-0.4, -0.2) is 49.1 Å². The summed E-state index contributed by atoms with van der Waals surface area (Å²) < 4.78 is 17.1. The Kier molecular flexibility index (Phi) is 8.18. The number of halogens is 1. The minimum Gasteiger partial charge on any atom is -0.507 e. The highest BCUT2D eigenvalue weighted by Crippen LogP contribution is 2.40. The quantitative estimate of drug-likeness (QED) is 0.208. The maximum atomic E-state index is 13.3. The summed E-state index contributed by atoms with van der Waals surface area (Å²) in [5.41, 5.74) is 2.13. The Morgan fingerprint density at radius 2 is 1.62 bits per heavy atom. The molecule has 4 rings (SSSR count). The number of amides is 1. The molecule has 3 aromatic carbocycles. The van der Waals surface area contributed by atoms with Gasteiger partial charge in [-0.25, -0.2) is 0 Å². The van der Waals surface area contributed by atoms with E-state index >= 15 is 0 Å². The van der Waals surface area contributed by atoms with E-state index in [0.29, 0.717) is 41.4 Å². The fourth-order valence-electron chi connectivity index (χ4n) is 4.42. The predicted octanol–water partition coefficient (Wildman–Crippen LogP) is 5.53. The zero-order valence-corrected chi connectivity index (χ0v) is 22.4. The maximum absolute atomic E-state index is 13.3. The molecule has 37 heavy (non-hydrogen) atoms. The van der Waals surface area contributed by atoms with E-state index < -0.39 is 17.7 Å². The molecule has 3 aromatic rings. The first-order valence-electron chi connectivity index (χ1n) is 11.9. The Morgan fingerprint density at radius 3 is 2.24 bits per heavy atom. The molecule has 0 radical (unpaired) electrons. The molecular weight excluding hydrogens is 538 g/mol.